The minimum absolute atomic E-state index is 0.0770. The topological polar surface area (TPSA) is 67.5 Å². The van der Waals surface area contributed by atoms with Gasteiger partial charge in [-0.05, 0) is 37.3 Å². The Balaban J connectivity index is 1.97. The molecule has 6 heteroatoms. The molecule has 1 fully saturated rings. The summed E-state index contributed by atoms with van der Waals surface area (Å²) < 4.78 is 5.51. The summed E-state index contributed by atoms with van der Waals surface area (Å²) in [6, 6.07) is 7.61. The molecular formula is C22H31N3O3. The summed E-state index contributed by atoms with van der Waals surface area (Å²) in [6.45, 7) is 8.12. The van der Waals surface area contributed by atoms with Gasteiger partial charge in [-0.3, -0.25) is 9.63 Å². The van der Waals surface area contributed by atoms with Gasteiger partial charge in [0.1, 0.15) is 5.82 Å². The molecule has 152 valence electrons. The monoisotopic (exact) mass is 385 g/mol. The first kappa shape index (κ1) is 20.6. The number of carbonyl (C=O) groups excluding carboxylic acids is 1. The Kier molecular flexibility index (Phi) is 6.20. The predicted octanol–water partition coefficient (Wildman–Crippen LogP) is 3.98. The Hall–Kier alpha value is -2.18. The van der Waals surface area contributed by atoms with Gasteiger partial charge >= 0.3 is 0 Å². The maximum Gasteiger partial charge on any atom is 0.277 e. The molecule has 0 saturated carbocycles. The number of hydrogen-bond donors (Lipinski definition) is 1. The second kappa shape index (κ2) is 8.45. The molecule has 1 aromatic carbocycles. The standard InChI is InChI=1S/C22H31N3O3/c1-22(2,3)21-23-18(13-15-9-11-28-12-10-15)19(24-21)16-7-6-8-17(14-16)20(26)25(4)27-5/h6-8,14-15H,9-13H2,1-5H3,(H,23,24). The zero-order chi connectivity index (χ0) is 20.3. The Morgan fingerprint density at radius 3 is 2.68 bits per heavy atom. The van der Waals surface area contributed by atoms with Crippen molar-refractivity contribution in [3.63, 3.8) is 0 Å². The Bertz CT molecular complexity index is 817. The average Bonchev–Trinajstić information content (AvgIpc) is 3.12. The van der Waals surface area contributed by atoms with E-state index in [1.165, 1.54) is 12.2 Å². The number of imidazole rings is 1. The molecule has 3 rings (SSSR count). The molecule has 0 bridgehead atoms. The average molecular weight is 386 g/mol. The van der Waals surface area contributed by atoms with E-state index < -0.39 is 0 Å². The number of aromatic amines is 1. The number of nitrogens with one attached hydrogen (secondary N) is 1. The SMILES string of the molecule is CON(C)C(=O)c1cccc(-c2nc(C(C)(C)C)[nH]c2CC2CCOCC2)c1. The molecule has 1 amide bonds. The van der Waals surface area contributed by atoms with Gasteiger partial charge < -0.3 is 9.72 Å². The number of hydroxylamine groups is 2. The van der Waals surface area contributed by atoms with Crippen LogP contribution in [0.15, 0.2) is 24.3 Å². The van der Waals surface area contributed by atoms with Crippen LogP contribution in [0.25, 0.3) is 11.3 Å². The van der Waals surface area contributed by atoms with Gasteiger partial charge in [0.05, 0.1) is 12.8 Å². The van der Waals surface area contributed by atoms with Gasteiger partial charge in [0, 0.05) is 42.5 Å². The second-order valence-corrected chi connectivity index (χ2v) is 8.49. The highest BCUT2D eigenvalue weighted by molar-refractivity contribution is 5.94. The van der Waals surface area contributed by atoms with Gasteiger partial charge in [0.15, 0.2) is 0 Å². The van der Waals surface area contributed by atoms with E-state index >= 15 is 0 Å². The molecule has 1 aliphatic heterocycles. The van der Waals surface area contributed by atoms with Crippen LogP contribution in [0, 0.1) is 5.92 Å². The van der Waals surface area contributed by atoms with E-state index in [0.29, 0.717) is 11.5 Å². The molecule has 2 aromatic rings. The number of aromatic nitrogens is 2. The molecule has 1 N–H and O–H groups in total. The molecule has 0 radical (unpaired) electrons. The summed E-state index contributed by atoms with van der Waals surface area (Å²) in [5.41, 5.74) is 3.53. The summed E-state index contributed by atoms with van der Waals surface area (Å²) in [5, 5.41) is 1.23. The summed E-state index contributed by atoms with van der Waals surface area (Å²) in [6.07, 6.45) is 3.08. The Morgan fingerprint density at radius 1 is 1.32 bits per heavy atom. The third kappa shape index (κ3) is 4.62. The van der Waals surface area contributed by atoms with Crippen LogP contribution in [0.4, 0.5) is 0 Å². The molecule has 1 saturated heterocycles. The van der Waals surface area contributed by atoms with Gasteiger partial charge in [-0.25, -0.2) is 10.0 Å². The van der Waals surface area contributed by atoms with Gasteiger partial charge in [0.25, 0.3) is 5.91 Å². The van der Waals surface area contributed by atoms with Crippen LogP contribution >= 0.6 is 0 Å². The molecule has 28 heavy (non-hydrogen) atoms. The summed E-state index contributed by atoms with van der Waals surface area (Å²) in [5.74, 6) is 1.38. The quantitative estimate of drug-likeness (QED) is 0.791. The van der Waals surface area contributed by atoms with E-state index in [1.807, 2.05) is 18.2 Å². The minimum atomic E-state index is -0.179. The van der Waals surface area contributed by atoms with Crippen LogP contribution in [-0.2, 0) is 21.4 Å². The van der Waals surface area contributed by atoms with Crippen LogP contribution in [0.5, 0.6) is 0 Å². The van der Waals surface area contributed by atoms with E-state index in [9.17, 15) is 4.79 Å². The fraction of sp³-hybridized carbons (Fsp3) is 0.545. The zero-order valence-corrected chi connectivity index (χ0v) is 17.5. The lowest BCUT2D eigenvalue weighted by Gasteiger charge is -2.22. The highest BCUT2D eigenvalue weighted by Gasteiger charge is 2.24. The van der Waals surface area contributed by atoms with Gasteiger partial charge in [-0.15, -0.1) is 0 Å². The first-order valence-corrected chi connectivity index (χ1v) is 9.89. The van der Waals surface area contributed by atoms with Crippen LogP contribution in [0.2, 0.25) is 0 Å². The van der Waals surface area contributed by atoms with Crippen LogP contribution < -0.4 is 0 Å². The third-order valence-corrected chi connectivity index (χ3v) is 5.27. The normalized spacial score (nSPS) is 15.6. The first-order valence-electron chi connectivity index (χ1n) is 9.89. The highest BCUT2D eigenvalue weighted by atomic mass is 16.7. The Morgan fingerprint density at radius 2 is 2.04 bits per heavy atom. The molecule has 1 aromatic heterocycles. The van der Waals surface area contributed by atoms with Gasteiger partial charge in [-0.2, -0.15) is 0 Å². The minimum Gasteiger partial charge on any atom is -0.381 e. The number of H-pyrrole nitrogens is 1. The van der Waals surface area contributed by atoms with E-state index in [1.54, 1.807) is 13.1 Å². The smallest absolute Gasteiger partial charge is 0.277 e. The molecule has 0 aliphatic carbocycles. The molecule has 1 aliphatic rings. The van der Waals surface area contributed by atoms with Gasteiger partial charge in [-0.1, -0.05) is 32.9 Å². The summed E-state index contributed by atoms with van der Waals surface area (Å²) in [4.78, 5) is 26.0. The predicted molar refractivity (Wildman–Crippen MR) is 109 cm³/mol. The number of carbonyl (C=O) groups is 1. The molecule has 0 spiro atoms. The number of ether oxygens (including phenoxy) is 1. The van der Waals surface area contributed by atoms with Crippen LogP contribution in [-0.4, -0.2) is 48.3 Å². The number of benzene rings is 1. The maximum absolute atomic E-state index is 12.5. The van der Waals surface area contributed by atoms with Gasteiger partial charge in [0.2, 0.25) is 0 Å². The Labute approximate surface area is 167 Å². The highest BCUT2D eigenvalue weighted by Crippen LogP contribution is 2.31. The first-order chi connectivity index (χ1) is 13.3. The number of amides is 1. The van der Waals surface area contributed by atoms with Crippen molar-refractivity contribution in [2.24, 2.45) is 5.92 Å². The molecule has 0 atom stereocenters. The lowest BCUT2D eigenvalue weighted by atomic mass is 9.93. The van der Waals surface area contributed by atoms with E-state index in [0.717, 1.165) is 55.3 Å². The molecule has 0 unspecified atom stereocenters. The van der Waals surface area contributed by atoms with Crippen molar-refractivity contribution in [1.29, 1.82) is 0 Å². The van der Waals surface area contributed by atoms with Crippen molar-refractivity contribution in [2.75, 3.05) is 27.4 Å². The fourth-order valence-corrected chi connectivity index (χ4v) is 3.45. The van der Waals surface area contributed by atoms with Crippen LogP contribution in [0.3, 0.4) is 0 Å². The molecule has 6 nitrogen and oxygen atoms in total. The van der Waals surface area contributed by atoms with Crippen molar-refractivity contribution in [3.05, 3.63) is 41.3 Å². The largest absolute Gasteiger partial charge is 0.381 e. The summed E-state index contributed by atoms with van der Waals surface area (Å²) >= 11 is 0. The molecule has 2 heterocycles. The number of hydrogen-bond acceptors (Lipinski definition) is 4. The fourth-order valence-electron chi connectivity index (χ4n) is 3.45. The summed E-state index contributed by atoms with van der Waals surface area (Å²) in [7, 11) is 3.09. The number of nitrogens with zero attached hydrogens (tertiary/aromatic N) is 2. The zero-order valence-electron chi connectivity index (χ0n) is 17.5. The van der Waals surface area contributed by atoms with Crippen molar-refractivity contribution in [3.8, 4) is 11.3 Å². The third-order valence-electron chi connectivity index (χ3n) is 5.27. The number of rotatable bonds is 5. The lowest BCUT2D eigenvalue weighted by Crippen LogP contribution is -2.25. The van der Waals surface area contributed by atoms with Crippen molar-refractivity contribution >= 4 is 5.91 Å². The second-order valence-electron chi connectivity index (χ2n) is 8.49. The maximum atomic E-state index is 12.5. The lowest BCUT2D eigenvalue weighted by molar-refractivity contribution is -0.0756. The van der Waals surface area contributed by atoms with Crippen LogP contribution in [0.1, 0.15) is 55.5 Å². The van der Waals surface area contributed by atoms with Crippen molar-refractivity contribution in [1.82, 2.24) is 15.0 Å². The van der Waals surface area contributed by atoms with Crippen molar-refractivity contribution in [2.45, 2.75) is 45.4 Å². The van der Waals surface area contributed by atoms with E-state index in [-0.39, 0.29) is 11.3 Å². The van der Waals surface area contributed by atoms with Crippen molar-refractivity contribution < 1.29 is 14.4 Å². The molecular weight excluding hydrogens is 354 g/mol. The van der Waals surface area contributed by atoms with E-state index in [2.05, 4.69) is 25.8 Å². The van der Waals surface area contributed by atoms with E-state index in [4.69, 9.17) is 14.6 Å².